The van der Waals surface area contributed by atoms with E-state index in [1.807, 2.05) is 13.1 Å². The lowest BCUT2D eigenvalue weighted by Crippen LogP contribution is -2.20. The predicted octanol–water partition coefficient (Wildman–Crippen LogP) is 3.18. The van der Waals surface area contributed by atoms with Crippen LogP contribution in [0.2, 0.25) is 0 Å². The number of pyridine rings is 1. The molecule has 17 heavy (non-hydrogen) atoms. The van der Waals surface area contributed by atoms with Crippen molar-refractivity contribution in [2.24, 2.45) is 5.92 Å². The monoisotopic (exact) mass is 236 g/mol. The molecular formula is C14H24N2O. The topological polar surface area (TPSA) is 34.2 Å². The summed E-state index contributed by atoms with van der Waals surface area (Å²) in [5, 5.41) is 3.36. The Bertz CT molecular complexity index is 328. The molecule has 1 N–H and O–H groups in total. The highest BCUT2D eigenvalue weighted by atomic mass is 16.5. The van der Waals surface area contributed by atoms with Gasteiger partial charge in [0.15, 0.2) is 0 Å². The molecule has 0 aliphatic rings. The number of hydrogen-bond acceptors (Lipinski definition) is 3. The summed E-state index contributed by atoms with van der Waals surface area (Å²) in [6.07, 6.45) is 5.39. The van der Waals surface area contributed by atoms with E-state index in [4.69, 9.17) is 4.74 Å². The molecule has 0 aromatic carbocycles. The van der Waals surface area contributed by atoms with E-state index in [2.05, 4.69) is 30.2 Å². The summed E-state index contributed by atoms with van der Waals surface area (Å²) in [6.45, 7) is 4.53. The Labute approximate surface area is 105 Å². The summed E-state index contributed by atoms with van der Waals surface area (Å²) in [5.41, 5.74) is 1.15. The first-order valence-electron chi connectivity index (χ1n) is 6.39. The smallest absolute Gasteiger partial charge is 0.217 e. The van der Waals surface area contributed by atoms with Gasteiger partial charge < -0.3 is 10.1 Å². The third-order valence-electron chi connectivity index (χ3n) is 3.14. The van der Waals surface area contributed by atoms with Gasteiger partial charge in [-0.05, 0) is 25.5 Å². The number of hydrogen-bond donors (Lipinski definition) is 1. The summed E-state index contributed by atoms with van der Waals surface area (Å²) in [5.74, 6) is 1.44. The van der Waals surface area contributed by atoms with Crippen LogP contribution in [-0.4, -0.2) is 19.1 Å². The zero-order chi connectivity index (χ0) is 12.7. The molecule has 1 aromatic heterocycles. The Morgan fingerprint density at radius 1 is 1.47 bits per heavy atom. The Morgan fingerprint density at radius 2 is 2.24 bits per heavy atom. The van der Waals surface area contributed by atoms with Crippen molar-refractivity contribution in [3.8, 4) is 5.88 Å². The van der Waals surface area contributed by atoms with Crippen molar-refractivity contribution in [1.29, 1.82) is 0 Å². The Hall–Kier alpha value is -1.09. The molecule has 3 nitrogen and oxygen atoms in total. The molecule has 1 rings (SSSR count). The first kappa shape index (κ1) is 14.0. The maximum atomic E-state index is 5.32. The number of aromatic nitrogens is 1. The van der Waals surface area contributed by atoms with Crippen LogP contribution < -0.4 is 10.1 Å². The lowest BCUT2D eigenvalue weighted by molar-refractivity contribution is 0.364. The third kappa shape index (κ3) is 4.00. The van der Waals surface area contributed by atoms with E-state index in [-0.39, 0.29) is 0 Å². The average molecular weight is 236 g/mol. The van der Waals surface area contributed by atoms with Crippen LogP contribution in [0.5, 0.6) is 5.88 Å². The Morgan fingerprint density at radius 3 is 2.82 bits per heavy atom. The van der Waals surface area contributed by atoms with Crippen LogP contribution in [0.25, 0.3) is 0 Å². The van der Waals surface area contributed by atoms with Gasteiger partial charge in [-0.25, -0.2) is 4.98 Å². The Kier molecular flexibility index (Phi) is 5.98. The van der Waals surface area contributed by atoms with Gasteiger partial charge in [-0.2, -0.15) is 0 Å². The Balaban J connectivity index is 2.78. The molecule has 0 bridgehead atoms. The molecule has 3 heteroatoms. The molecule has 0 saturated carbocycles. The fourth-order valence-corrected chi connectivity index (χ4v) is 2.25. The van der Waals surface area contributed by atoms with E-state index in [1.54, 1.807) is 13.3 Å². The minimum absolute atomic E-state index is 0.320. The summed E-state index contributed by atoms with van der Waals surface area (Å²) in [7, 11) is 3.67. The van der Waals surface area contributed by atoms with Crippen LogP contribution in [0.3, 0.4) is 0 Å². The molecule has 0 fully saturated rings. The zero-order valence-electron chi connectivity index (χ0n) is 11.4. The average Bonchev–Trinajstić information content (AvgIpc) is 2.36. The molecule has 2 atom stereocenters. The number of nitrogens with zero attached hydrogens (tertiary/aromatic N) is 1. The molecule has 2 unspecified atom stereocenters. The third-order valence-corrected chi connectivity index (χ3v) is 3.14. The first-order chi connectivity index (χ1) is 8.22. The minimum atomic E-state index is 0.320. The first-order valence-corrected chi connectivity index (χ1v) is 6.39. The summed E-state index contributed by atoms with van der Waals surface area (Å²) in [4.78, 5) is 4.26. The van der Waals surface area contributed by atoms with E-state index in [9.17, 15) is 0 Å². The van der Waals surface area contributed by atoms with Gasteiger partial charge in [-0.15, -0.1) is 0 Å². The van der Waals surface area contributed by atoms with Crippen LogP contribution in [0, 0.1) is 5.92 Å². The van der Waals surface area contributed by atoms with Gasteiger partial charge in [0.1, 0.15) is 0 Å². The van der Waals surface area contributed by atoms with E-state index in [0.29, 0.717) is 12.0 Å². The van der Waals surface area contributed by atoms with Gasteiger partial charge in [0, 0.05) is 17.8 Å². The quantitative estimate of drug-likeness (QED) is 0.789. The van der Waals surface area contributed by atoms with Crippen LogP contribution in [0.1, 0.15) is 44.7 Å². The minimum Gasteiger partial charge on any atom is -0.481 e. The van der Waals surface area contributed by atoms with Crippen molar-refractivity contribution in [3.63, 3.8) is 0 Å². The van der Waals surface area contributed by atoms with Gasteiger partial charge in [0.25, 0.3) is 0 Å². The SMILES string of the molecule is CCCC(C)CC(NC)c1cccnc1OC. The van der Waals surface area contributed by atoms with Gasteiger partial charge >= 0.3 is 0 Å². The maximum Gasteiger partial charge on any atom is 0.217 e. The van der Waals surface area contributed by atoms with Crippen molar-refractivity contribution < 1.29 is 4.74 Å². The molecule has 1 aromatic rings. The molecule has 0 aliphatic carbocycles. The van der Waals surface area contributed by atoms with Crippen molar-refractivity contribution in [1.82, 2.24) is 10.3 Å². The predicted molar refractivity (Wildman–Crippen MR) is 71.3 cm³/mol. The molecular weight excluding hydrogens is 212 g/mol. The van der Waals surface area contributed by atoms with Crippen molar-refractivity contribution >= 4 is 0 Å². The number of ether oxygens (including phenoxy) is 1. The molecule has 0 radical (unpaired) electrons. The summed E-state index contributed by atoms with van der Waals surface area (Å²) in [6, 6.07) is 4.37. The highest BCUT2D eigenvalue weighted by molar-refractivity contribution is 5.28. The molecule has 0 aliphatic heterocycles. The van der Waals surface area contributed by atoms with Crippen LogP contribution >= 0.6 is 0 Å². The van der Waals surface area contributed by atoms with Crippen LogP contribution in [-0.2, 0) is 0 Å². The number of nitrogens with one attached hydrogen (secondary N) is 1. The number of rotatable bonds is 7. The van der Waals surface area contributed by atoms with Crippen molar-refractivity contribution in [3.05, 3.63) is 23.9 Å². The molecule has 1 heterocycles. The fraction of sp³-hybridized carbons (Fsp3) is 0.643. The van der Waals surface area contributed by atoms with Gasteiger partial charge in [0.05, 0.1) is 7.11 Å². The van der Waals surface area contributed by atoms with E-state index in [1.165, 1.54) is 12.8 Å². The number of methoxy groups -OCH3 is 1. The normalized spacial score (nSPS) is 14.4. The zero-order valence-corrected chi connectivity index (χ0v) is 11.4. The van der Waals surface area contributed by atoms with Gasteiger partial charge in [0.2, 0.25) is 5.88 Å². The standard InChI is InChI=1S/C14H24N2O/c1-5-7-11(2)10-13(15-3)12-8-6-9-16-14(12)17-4/h6,8-9,11,13,15H,5,7,10H2,1-4H3. The second-order valence-corrected chi connectivity index (χ2v) is 4.57. The van der Waals surface area contributed by atoms with E-state index in [0.717, 1.165) is 17.9 Å². The fourth-order valence-electron chi connectivity index (χ4n) is 2.25. The van der Waals surface area contributed by atoms with Crippen LogP contribution in [0.4, 0.5) is 0 Å². The summed E-state index contributed by atoms with van der Waals surface area (Å²) < 4.78 is 5.32. The van der Waals surface area contributed by atoms with E-state index < -0.39 is 0 Å². The lowest BCUT2D eigenvalue weighted by Gasteiger charge is -2.21. The molecule has 0 saturated heterocycles. The van der Waals surface area contributed by atoms with Gasteiger partial charge in [-0.3, -0.25) is 0 Å². The van der Waals surface area contributed by atoms with Gasteiger partial charge in [-0.1, -0.05) is 32.8 Å². The molecule has 96 valence electrons. The second-order valence-electron chi connectivity index (χ2n) is 4.57. The molecule has 0 spiro atoms. The van der Waals surface area contributed by atoms with E-state index >= 15 is 0 Å². The maximum absolute atomic E-state index is 5.32. The highest BCUT2D eigenvalue weighted by Crippen LogP contribution is 2.28. The second kappa shape index (κ2) is 7.28. The lowest BCUT2D eigenvalue weighted by atomic mass is 9.93. The summed E-state index contributed by atoms with van der Waals surface area (Å²) >= 11 is 0. The van der Waals surface area contributed by atoms with Crippen LogP contribution in [0.15, 0.2) is 18.3 Å². The van der Waals surface area contributed by atoms with Crippen molar-refractivity contribution in [2.45, 2.75) is 39.2 Å². The highest BCUT2D eigenvalue weighted by Gasteiger charge is 2.17. The van der Waals surface area contributed by atoms with Crippen molar-refractivity contribution in [2.75, 3.05) is 14.2 Å². The molecule has 0 amide bonds. The largest absolute Gasteiger partial charge is 0.481 e.